The molecule has 2 N–H and O–H groups in total. The number of nitrogens with two attached hydrogens (primary N) is 1. The van der Waals surface area contributed by atoms with E-state index in [1.807, 2.05) is 6.92 Å². The number of hydrogen-bond donors (Lipinski definition) is 1. The molecule has 48 valence electrons. The molecule has 8 heavy (non-hydrogen) atoms. The largest absolute Gasteiger partial charge is 0.380 e. The van der Waals surface area contributed by atoms with Crippen LogP contribution >= 0.6 is 0 Å². The zero-order valence-corrected chi connectivity index (χ0v) is 5.48. The molecule has 0 bridgehead atoms. The van der Waals surface area contributed by atoms with Crippen LogP contribution < -0.4 is 5.73 Å². The minimum atomic E-state index is 0.0365. The van der Waals surface area contributed by atoms with E-state index in [-0.39, 0.29) is 11.6 Å². The Morgan fingerprint density at radius 2 is 2.12 bits per heavy atom. The molecule has 2 heteroatoms. The highest BCUT2D eigenvalue weighted by atomic mass is 16.5. The number of hydrogen-bond acceptors (Lipinski definition) is 2. The molecular formula is C6H13NO. The second-order valence-corrected chi connectivity index (χ2v) is 2.61. The topological polar surface area (TPSA) is 35.2 Å². The van der Waals surface area contributed by atoms with E-state index in [9.17, 15) is 0 Å². The van der Waals surface area contributed by atoms with Crippen molar-refractivity contribution in [3.05, 3.63) is 0 Å². The average Bonchev–Trinajstić information content (AvgIpc) is 2.47. The zero-order chi connectivity index (χ0) is 6.20. The Balaban J connectivity index is 2.34. The standard InChI is InChI=1S/C6H13NO/c1-5(8-2)6(7)3-4-6/h5H,3-4,7H2,1-2H3. The van der Waals surface area contributed by atoms with Crippen molar-refractivity contribution in [3.63, 3.8) is 0 Å². The molecule has 1 aliphatic rings. The molecule has 0 amide bonds. The van der Waals surface area contributed by atoms with Gasteiger partial charge >= 0.3 is 0 Å². The van der Waals surface area contributed by atoms with Crippen molar-refractivity contribution >= 4 is 0 Å². The van der Waals surface area contributed by atoms with Gasteiger partial charge in [0.25, 0.3) is 0 Å². The van der Waals surface area contributed by atoms with Gasteiger partial charge in [-0.3, -0.25) is 0 Å². The summed E-state index contributed by atoms with van der Waals surface area (Å²) in [4.78, 5) is 0. The van der Waals surface area contributed by atoms with E-state index in [0.717, 1.165) is 12.8 Å². The minimum Gasteiger partial charge on any atom is -0.380 e. The maximum atomic E-state index is 5.78. The molecule has 0 radical (unpaired) electrons. The molecule has 2 nitrogen and oxygen atoms in total. The second-order valence-electron chi connectivity index (χ2n) is 2.61. The van der Waals surface area contributed by atoms with Crippen molar-refractivity contribution in [3.8, 4) is 0 Å². The highest BCUT2D eigenvalue weighted by Gasteiger charge is 2.43. The second kappa shape index (κ2) is 1.71. The summed E-state index contributed by atoms with van der Waals surface area (Å²) >= 11 is 0. The van der Waals surface area contributed by atoms with Gasteiger partial charge in [-0.05, 0) is 19.8 Å². The first-order chi connectivity index (χ1) is 3.69. The molecule has 0 saturated heterocycles. The van der Waals surface area contributed by atoms with Crippen LogP contribution in [0.4, 0.5) is 0 Å². The lowest BCUT2D eigenvalue weighted by molar-refractivity contribution is 0.0876. The monoisotopic (exact) mass is 115 g/mol. The van der Waals surface area contributed by atoms with Crippen LogP contribution in [-0.2, 0) is 4.74 Å². The molecule has 1 fully saturated rings. The molecule has 1 saturated carbocycles. The van der Waals surface area contributed by atoms with Crippen LogP contribution in [0, 0.1) is 0 Å². The number of ether oxygens (including phenoxy) is 1. The van der Waals surface area contributed by atoms with E-state index in [4.69, 9.17) is 10.5 Å². The van der Waals surface area contributed by atoms with Gasteiger partial charge in [0.15, 0.2) is 0 Å². The molecule has 0 aromatic rings. The van der Waals surface area contributed by atoms with E-state index in [0.29, 0.717) is 0 Å². The van der Waals surface area contributed by atoms with Crippen LogP contribution in [-0.4, -0.2) is 18.8 Å². The van der Waals surface area contributed by atoms with E-state index >= 15 is 0 Å². The molecule has 1 aliphatic carbocycles. The third-order valence-corrected chi connectivity index (χ3v) is 1.99. The molecular weight excluding hydrogens is 102 g/mol. The maximum Gasteiger partial charge on any atom is 0.0722 e. The van der Waals surface area contributed by atoms with Crippen LogP contribution in [0.5, 0.6) is 0 Å². The summed E-state index contributed by atoms with van der Waals surface area (Å²) < 4.78 is 5.05. The molecule has 0 heterocycles. The summed E-state index contributed by atoms with van der Waals surface area (Å²) in [6.07, 6.45) is 2.49. The van der Waals surface area contributed by atoms with Gasteiger partial charge in [0.1, 0.15) is 0 Å². The number of methoxy groups -OCH3 is 1. The van der Waals surface area contributed by atoms with Crippen molar-refractivity contribution in [1.29, 1.82) is 0 Å². The van der Waals surface area contributed by atoms with Crippen molar-refractivity contribution in [1.82, 2.24) is 0 Å². The number of rotatable bonds is 2. The van der Waals surface area contributed by atoms with Gasteiger partial charge in [0, 0.05) is 12.6 Å². The van der Waals surface area contributed by atoms with E-state index < -0.39 is 0 Å². The normalized spacial score (nSPS) is 27.4. The van der Waals surface area contributed by atoms with E-state index in [2.05, 4.69) is 0 Å². The first-order valence-electron chi connectivity index (χ1n) is 3.01. The van der Waals surface area contributed by atoms with Crippen LogP contribution in [0.1, 0.15) is 19.8 Å². The zero-order valence-electron chi connectivity index (χ0n) is 5.48. The van der Waals surface area contributed by atoms with Gasteiger partial charge in [-0.2, -0.15) is 0 Å². The van der Waals surface area contributed by atoms with Crippen molar-refractivity contribution < 1.29 is 4.74 Å². The Morgan fingerprint density at radius 3 is 2.25 bits per heavy atom. The fourth-order valence-electron chi connectivity index (χ4n) is 0.786. The Kier molecular flexibility index (Phi) is 1.29. The first-order valence-corrected chi connectivity index (χ1v) is 3.01. The third-order valence-electron chi connectivity index (χ3n) is 1.99. The lowest BCUT2D eigenvalue weighted by atomic mass is 10.2. The van der Waals surface area contributed by atoms with Gasteiger partial charge in [0.2, 0.25) is 0 Å². The predicted octanol–water partition coefficient (Wildman–Crippen LogP) is 0.513. The van der Waals surface area contributed by atoms with Crippen LogP contribution in [0.15, 0.2) is 0 Å². The van der Waals surface area contributed by atoms with Gasteiger partial charge < -0.3 is 10.5 Å². The summed E-state index contributed by atoms with van der Waals surface area (Å²) in [7, 11) is 1.71. The third kappa shape index (κ3) is 0.858. The van der Waals surface area contributed by atoms with Gasteiger partial charge in [-0.1, -0.05) is 0 Å². The molecule has 0 aromatic carbocycles. The quantitative estimate of drug-likeness (QED) is 0.569. The Labute approximate surface area is 50.0 Å². The van der Waals surface area contributed by atoms with E-state index in [1.165, 1.54) is 0 Å². The lowest BCUT2D eigenvalue weighted by Gasteiger charge is -2.15. The van der Waals surface area contributed by atoms with Gasteiger partial charge in [0.05, 0.1) is 6.10 Å². The summed E-state index contributed by atoms with van der Waals surface area (Å²) in [6.45, 7) is 2.02. The van der Waals surface area contributed by atoms with Gasteiger partial charge in [-0.25, -0.2) is 0 Å². The van der Waals surface area contributed by atoms with Crippen molar-refractivity contribution in [2.75, 3.05) is 7.11 Å². The lowest BCUT2D eigenvalue weighted by Crippen LogP contribution is -2.35. The average molecular weight is 115 g/mol. The van der Waals surface area contributed by atoms with Crippen LogP contribution in [0.2, 0.25) is 0 Å². The summed E-state index contributed by atoms with van der Waals surface area (Å²) in [5, 5.41) is 0. The van der Waals surface area contributed by atoms with Crippen LogP contribution in [0.3, 0.4) is 0 Å². The molecule has 0 aromatic heterocycles. The Hall–Kier alpha value is -0.0800. The molecule has 1 rings (SSSR count). The minimum absolute atomic E-state index is 0.0365. The molecule has 1 unspecified atom stereocenters. The summed E-state index contributed by atoms with van der Waals surface area (Å²) in [6, 6.07) is 0. The summed E-state index contributed by atoms with van der Waals surface area (Å²) in [5.41, 5.74) is 5.81. The molecule has 0 aliphatic heterocycles. The molecule has 1 atom stereocenters. The maximum absolute atomic E-state index is 5.78. The molecule has 0 spiro atoms. The Bertz CT molecular complexity index is 88.5. The van der Waals surface area contributed by atoms with Crippen LogP contribution in [0.25, 0.3) is 0 Å². The van der Waals surface area contributed by atoms with E-state index in [1.54, 1.807) is 7.11 Å². The van der Waals surface area contributed by atoms with Crippen molar-refractivity contribution in [2.45, 2.75) is 31.4 Å². The summed E-state index contributed by atoms with van der Waals surface area (Å²) in [5.74, 6) is 0. The SMILES string of the molecule is COC(C)C1(N)CC1. The highest BCUT2D eigenvalue weighted by Crippen LogP contribution is 2.36. The fourth-order valence-corrected chi connectivity index (χ4v) is 0.786. The van der Waals surface area contributed by atoms with Crippen molar-refractivity contribution in [2.24, 2.45) is 5.73 Å². The smallest absolute Gasteiger partial charge is 0.0722 e. The predicted molar refractivity (Wildman–Crippen MR) is 32.6 cm³/mol. The highest BCUT2D eigenvalue weighted by molar-refractivity contribution is 5.03. The Morgan fingerprint density at radius 1 is 1.62 bits per heavy atom. The fraction of sp³-hybridized carbons (Fsp3) is 1.00. The van der Waals surface area contributed by atoms with Gasteiger partial charge in [-0.15, -0.1) is 0 Å². The first kappa shape index (κ1) is 6.05.